The van der Waals surface area contributed by atoms with Crippen molar-refractivity contribution in [3.8, 4) is 0 Å². The molecule has 0 spiro atoms. The van der Waals surface area contributed by atoms with Gasteiger partial charge in [0.25, 0.3) is 0 Å². The zero-order valence-electron chi connectivity index (χ0n) is 19.4. The van der Waals surface area contributed by atoms with Gasteiger partial charge < -0.3 is 14.0 Å². The molecule has 2 rings (SSSR count). The van der Waals surface area contributed by atoms with Gasteiger partial charge in [-0.25, -0.2) is 0 Å². The van der Waals surface area contributed by atoms with Crippen LogP contribution in [0.4, 0.5) is 0 Å². The fourth-order valence-corrected chi connectivity index (χ4v) is 6.48. The SMILES string of the molecule is CC(C)(C)[Si](C)(C)O[C@@H]1[C@H](O[Si](C)(C)C(C)(C)C)[C@@H](CO)N[C@@H]1c1cccs1. The summed E-state index contributed by atoms with van der Waals surface area (Å²) in [7, 11) is -4.03. The highest BCUT2D eigenvalue weighted by molar-refractivity contribution is 7.10. The van der Waals surface area contributed by atoms with Crippen molar-refractivity contribution in [2.75, 3.05) is 6.61 Å². The molecule has 0 bridgehead atoms. The van der Waals surface area contributed by atoms with Crippen LogP contribution >= 0.6 is 11.3 Å². The highest BCUT2D eigenvalue weighted by atomic mass is 32.1. The minimum Gasteiger partial charge on any atom is -0.410 e. The number of aliphatic hydroxyl groups excluding tert-OH is 1. The Hall–Kier alpha value is -0.0262. The molecule has 4 atom stereocenters. The summed E-state index contributed by atoms with van der Waals surface area (Å²) in [5.74, 6) is 0. The standard InChI is InChI=1S/C21H41NO3SSi2/c1-20(2,3)27(7,8)24-18-15(14-23)22-17(16-12-11-13-26-16)19(18)25-28(9,10)21(4,5)6/h11-13,15,17-19,22-23H,14H2,1-10H3/t15-,17-,18-,19+/m1/s1. The van der Waals surface area contributed by atoms with Crippen LogP contribution < -0.4 is 5.32 Å². The van der Waals surface area contributed by atoms with Gasteiger partial charge in [-0.3, -0.25) is 5.32 Å². The Kier molecular flexibility index (Phi) is 7.14. The summed E-state index contributed by atoms with van der Waals surface area (Å²) in [6.07, 6.45) is -0.238. The van der Waals surface area contributed by atoms with E-state index in [0.29, 0.717) is 0 Å². The fraction of sp³-hybridized carbons (Fsp3) is 0.810. The van der Waals surface area contributed by atoms with Crippen LogP contribution in [0.3, 0.4) is 0 Å². The molecule has 0 unspecified atom stereocenters. The maximum atomic E-state index is 10.2. The van der Waals surface area contributed by atoms with E-state index in [-0.39, 0.29) is 41.0 Å². The van der Waals surface area contributed by atoms with E-state index in [1.165, 1.54) is 4.88 Å². The Balaban J connectivity index is 2.43. The topological polar surface area (TPSA) is 50.7 Å². The van der Waals surface area contributed by atoms with Gasteiger partial charge in [0.15, 0.2) is 16.6 Å². The molecule has 0 aliphatic carbocycles. The molecule has 1 aliphatic heterocycles. The summed E-state index contributed by atoms with van der Waals surface area (Å²) in [5, 5.41) is 16.1. The maximum Gasteiger partial charge on any atom is 0.192 e. The molecule has 1 aromatic heterocycles. The van der Waals surface area contributed by atoms with Crippen LogP contribution in [0.2, 0.25) is 36.3 Å². The Morgan fingerprint density at radius 3 is 1.86 bits per heavy atom. The third-order valence-electron chi connectivity index (χ3n) is 6.96. The van der Waals surface area contributed by atoms with Gasteiger partial charge in [0.2, 0.25) is 0 Å². The predicted molar refractivity (Wildman–Crippen MR) is 125 cm³/mol. The average Bonchev–Trinajstić information content (AvgIpc) is 3.13. The molecule has 0 radical (unpaired) electrons. The van der Waals surface area contributed by atoms with Crippen LogP contribution in [0.25, 0.3) is 0 Å². The number of hydrogen-bond acceptors (Lipinski definition) is 5. The van der Waals surface area contributed by atoms with Crippen molar-refractivity contribution in [2.45, 2.75) is 102 Å². The Morgan fingerprint density at radius 1 is 0.964 bits per heavy atom. The number of thiophene rings is 1. The van der Waals surface area contributed by atoms with Crippen LogP contribution in [-0.4, -0.2) is 46.6 Å². The molecule has 4 nitrogen and oxygen atoms in total. The first-order valence-corrected chi connectivity index (χ1v) is 17.1. The van der Waals surface area contributed by atoms with Gasteiger partial charge in [-0.2, -0.15) is 0 Å². The summed E-state index contributed by atoms with van der Waals surface area (Å²) in [6.45, 7) is 22.8. The van der Waals surface area contributed by atoms with E-state index >= 15 is 0 Å². The molecule has 1 fully saturated rings. The van der Waals surface area contributed by atoms with Crippen molar-refractivity contribution >= 4 is 28.0 Å². The second kappa shape index (κ2) is 8.25. The van der Waals surface area contributed by atoms with E-state index in [4.69, 9.17) is 8.85 Å². The molecule has 162 valence electrons. The highest BCUT2D eigenvalue weighted by Gasteiger charge is 2.52. The summed E-state index contributed by atoms with van der Waals surface area (Å²) in [4.78, 5) is 1.25. The molecular weight excluding hydrogens is 402 g/mol. The van der Waals surface area contributed by atoms with E-state index in [1.807, 2.05) is 0 Å². The molecular formula is C21H41NO3SSi2. The first kappa shape index (κ1) is 24.2. The molecule has 2 heterocycles. The van der Waals surface area contributed by atoms with Gasteiger partial charge in [-0.1, -0.05) is 47.6 Å². The van der Waals surface area contributed by atoms with Crippen LogP contribution in [0, 0.1) is 0 Å². The van der Waals surface area contributed by atoms with E-state index in [2.05, 4.69) is 90.6 Å². The van der Waals surface area contributed by atoms with Crippen molar-refractivity contribution in [3.63, 3.8) is 0 Å². The molecule has 28 heavy (non-hydrogen) atoms. The van der Waals surface area contributed by atoms with Crippen molar-refractivity contribution in [2.24, 2.45) is 0 Å². The van der Waals surface area contributed by atoms with Gasteiger partial charge in [0, 0.05) is 4.88 Å². The normalized spacial score (nSPS) is 27.4. The lowest BCUT2D eigenvalue weighted by atomic mass is 10.1. The largest absolute Gasteiger partial charge is 0.410 e. The summed E-state index contributed by atoms with van der Waals surface area (Å²) in [6, 6.07) is 4.19. The molecule has 1 aliphatic rings. The van der Waals surface area contributed by atoms with E-state index in [0.717, 1.165) is 0 Å². The van der Waals surface area contributed by atoms with Crippen molar-refractivity contribution < 1.29 is 14.0 Å². The van der Waals surface area contributed by atoms with E-state index in [1.54, 1.807) is 11.3 Å². The Labute approximate surface area is 178 Å². The lowest BCUT2D eigenvalue weighted by molar-refractivity contribution is 0.0342. The van der Waals surface area contributed by atoms with Crippen molar-refractivity contribution in [3.05, 3.63) is 22.4 Å². The molecule has 1 aromatic rings. The molecule has 2 N–H and O–H groups in total. The molecule has 0 aromatic carbocycles. The smallest absolute Gasteiger partial charge is 0.192 e. The van der Waals surface area contributed by atoms with Gasteiger partial charge >= 0.3 is 0 Å². The lowest BCUT2D eigenvalue weighted by Crippen LogP contribution is -2.53. The number of aliphatic hydroxyl groups is 1. The van der Waals surface area contributed by atoms with Gasteiger partial charge in [0.05, 0.1) is 30.9 Å². The monoisotopic (exact) mass is 443 g/mol. The second-order valence-corrected chi connectivity index (χ2v) is 21.6. The van der Waals surface area contributed by atoms with Gasteiger partial charge in [-0.15, -0.1) is 11.3 Å². The van der Waals surface area contributed by atoms with Crippen LogP contribution in [0.5, 0.6) is 0 Å². The Morgan fingerprint density at radius 2 is 1.46 bits per heavy atom. The van der Waals surface area contributed by atoms with Crippen LogP contribution in [-0.2, 0) is 8.85 Å². The van der Waals surface area contributed by atoms with Crippen molar-refractivity contribution in [1.29, 1.82) is 0 Å². The summed E-state index contributed by atoms with van der Waals surface area (Å²) in [5.41, 5.74) is 0. The Bertz CT molecular complexity index is 635. The number of rotatable bonds is 6. The highest BCUT2D eigenvalue weighted by Crippen LogP contribution is 2.45. The minimum absolute atomic E-state index is 0.0541. The molecule has 1 saturated heterocycles. The van der Waals surface area contributed by atoms with Gasteiger partial charge in [0.1, 0.15) is 0 Å². The molecule has 0 saturated carbocycles. The summed E-state index contributed by atoms with van der Waals surface area (Å²) < 4.78 is 13.9. The third-order valence-corrected chi connectivity index (χ3v) is 16.9. The minimum atomic E-state index is -2.02. The molecule has 0 amide bonds. The zero-order valence-corrected chi connectivity index (χ0v) is 22.2. The van der Waals surface area contributed by atoms with Crippen LogP contribution in [0.15, 0.2) is 17.5 Å². The molecule has 7 heteroatoms. The quantitative estimate of drug-likeness (QED) is 0.567. The average molecular weight is 444 g/mol. The second-order valence-electron chi connectivity index (χ2n) is 11.1. The zero-order chi connectivity index (χ0) is 21.5. The third kappa shape index (κ3) is 4.99. The summed E-state index contributed by atoms with van der Waals surface area (Å²) >= 11 is 1.74. The number of hydrogen-bond donors (Lipinski definition) is 2. The predicted octanol–water partition coefficient (Wildman–Crippen LogP) is 5.53. The lowest BCUT2D eigenvalue weighted by Gasteiger charge is -2.44. The fourth-order valence-electron chi connectivity index (χ4n) is 3.03. The first-order valence-electron chi connectivity index (χ1n) is 10.4. The maximum absolute atomic E-state index is 10.2. The van der Waals surface area contributed by atoms with Gasteiger partial charge in [-0.05, 0) is 47.7 Å². The number of nitrogens with one attached hydrogen (secondary N) is 1. The van der Waals surface area contributed by atoms with E-state index in [9.17, 15) is 5.11 Å². The van der Waals surface area contributed by atoms with Crippen LogP contribution in [0.1, 0.15) is 52.5 Å². The van der Waals surface area contributed by atoms with E-state index < -0.39 is 16.6 Å². The first-order chi connectivity index (χ1) is 12.6. The van der Waals surface area contributed by atoms with Crippen molar-refractivity contribution in [1.82, 2.24) is 5.32 Å².